The number of hydrogen-bond donors (Lipinski definition) is 2. The van der Waals surface area contributed by atoms with Crippen LogP contribution in [0.1, 0.15) is 78.8 Å². The molecular weight excluding hydrogens is 406 g/mol. The number of carbonyl (C=O) groups excluding carboxylic acids is 3. The number of benzene rings is 1. The van der Waals surface area contributed by atoms with Crippen LogP contribution in [0.4, 0.5) is 0 Å². The van der Waals surface area contributed by atoms with Gasteiger partial charge in [0.05, 0.1) is 11.6 Å². The lowest BCUT2D eigenvalue weighted by Crippen LogP contribution is -2.49. The van der Waals surface area contributed by atoms with Crippen LogP contribution in [-0.2, 0) is 4.79 Å². The summed E-state index contributed by atoms with van der Waals surface area (Å²) in [6.45, 7) is 6.07. The maximum absolute atomic E-state index is 12.9. The van der Waals surface area contributed by atoms with Crippen molar-refractivity contribution in [1.82, 2.24) is 25.5 Å². The number of likely N-dealkylation sites (tertiary alicyclic amines) is 1. The minimum absolute atomic E-state index is 0.0512. The maximum atomic E-state index is 12.9. The summed E-state index contributed by atoms with van der Waals surface area (Å²) >= 11 is 0. The first-order valence-corrected chi connectivity index (χ1v) is 11.1. The number of rotatable bonds is 6. The highest BCUT2D eigenvalue weighted by Crippen LogP contribution is 2.36. The lowest BCUT2D eigenvalue weighted by Gasteiger charge is -2.26. The number of hydrogen-bond acceptors (Lipinski definition) is 5. The second kappa shape index (κ2) is 8.68. The summed E-state index contributed by atoms with van der Waals surface area (Å²) < 4.78 is 0. The second-order valence-corrected chi connectivity index (χ2v) is 8.97. The zero-order valence-electron chi connectivity index (χ0n) is 18.7. The average molecular weight is 436 g/mol. The molecule has 1 saturated carbocycles. The molecule has 0 bridgehead atoms. The van der Waals surface area contributed by atoms with E-state index in [1.807, 2.05) is 36.1 Å². The van der Waals surface area contributed by atoms with Gasteiger partial charge in [-0.3, -0.25) is 14.4 Å². The van der Waals surface area contributed by atoms with Crippen molar-refractivity contribution in [2.24, 2.45) is 0 Å². The van der Waals surface area contributed by atoms with Gasteiger partial charge in [-0.15, -0.1) is 0 Å². The Kier molecular flexibility index (Phi) is 5.95. The topological polar surface area (TPSA) is 104 Å². The normalized spacial score (nSPS) is 22.2. The second-order valence-electron chi connectivity index (χ2n) is 8.97. The van der Waals surface area contributed by atoms with Crippen LogP contribution in [0, 0.1) is 0 Å². The van der Waals surface area contributed by atoms with Crippen molar-refractivity contribution in [2.75, 3.05) is 0 Å². The third-order valence-corrected chi connectivity index (χ3v) is 6.55. The molecule has 1 saturated heterocycles. The standard InChI is InChI=1S/C24H29N5O3/c1-15-4-5-16(2)29(15)22(31)19-8-6-18(7-9-19)17(3)27-23(32)24(10-11-24)28-21(30)20-12-25-14-26-13-20/h6-9,12-17H,4-5,10-11H2,1-3H3,(H,27,32)(H,28,30)/t15-,16+,17-/m1/s1. The zero-order chi connectivity index (χ0) is 22.9. The molecule has 8 heteroatoms. The van der Waals surface area contributed by atoms with Gasteiger partial charge in [-0.05, 0) is 64.2 Å². The fourth-order valence-electron chi connectivity index (χ4n) is 4.32. The van der Waals surface area contributed by atoms with E-state index in [9.17, 15) is 14.4 Å². The highest BCUT2D eigenvalue weighted by atomic mass is 16.2. The van der Waals surface area contributed by atoms with Gasteiger partial charge in [0.15, 0.2) is 0 Å². The lowest BCUT2D eigenvalue weighted by molar-refractivity contribution is -0.124. The van der Waals surface area contributed by atoms with Gasteiger partial charge in [-0.2, -0.15) is 0 Å². The molecule has 4 rings (SSSR count). The molecule has 3 atom stereocenters. The molecule has 1 aromatic heterocycles. The molecule has 2 N–H and O–H groups in total. The zero-order valence-corrected chi connectivity index (χ0v) is 18.7. The lowest BCUT2D eigenvalue weighted by atomic mass is 10.0. The van der Waals surface area contributed by atoms with Crippen LogP contribution in [0.3, 0.4) is 0 Å². The van der Waals surface area contributed by atoms with E-state index in [0.29, 0.717) is 24.0 Å². The predicted molar refractivity (Wildman–Crippen MR) is 119 cm³/mol. The van der Waals surface area contributed by atoms with Crippen molar-refractivity contribution >= 4 is 17.7 Å². The summed E-state index contributed by atoms with van der Waals surface area (Å²) in [6.07, 6.45) is 7.43. The number of carbonyl (C=O) groups is 3. The molecule has 0 unspecified atom stereocenters. The fourth-order valence-corrected chi connectivity index (χ4v) is 4.32. The van der Waals surface area contributed by atoms with E-state index in [2.05, 4.69) is 34.4 Å². The van der Waals surface area contributed by atoms with Crippen LogP contribution in [0.2, 0.25) is 0 Å². The minimum Gasteiger partial charge on any atom is -0.348 e. The molecule has 2 heterocycles. The van der Waals surface area contributed by atoms with Gasteiger partial charge in [0.25, 0.3) is 11.8 Å². The van der Waals surface area contributed by atoms with E-state index in [-0.39, 0.29) is 35.8 Å². The van der Waals surface area contributed by atoms with Gasteiger partial charge in [0, 0.05) is 30.0 Å². The summed E-state index contributed by atoms with van der Waals surface area (Å²) in [6, 6.07) is 7.65. The van der Waals surface area contributed by atoms with Crippen molar-refractivity contribution < 1.29 is 14.4 Å². The molecular formula is C24H29N5O3. The third kappa shape index (κ3) is 4.35. The van der Waals surface area contributed by atoms with Crippen LogP contribution in [0.15, 0.2) is 43.0 Å². The average Bonchev–Trinajstić information content (AvgIpc) is 3.51. The Hall–Kier alpha value is -3.29. The van der Waals surface area contributed by atoms with Gasteiger partial charge in [0.1, 0.15) is 11.9 Å². The van der Waals surface area contributed by atoms with Crippen molar-refractivity contribution in [2.45, 2.75) is 70.1 Å². The van der Waals surface area contributed by atoms with E-state index in [1.54, 1.807) is 0 Å². The molecule has 32 heavy (non-hydrogen) atoms. The van der Waals surface area contributed by atoms with Crippen LogP contribution in [0.5, 0.6) is 0 Å². The number of nitrogens with zero attached hydrogens (tertiary/aromatic N) is 3. The van der Waals surface area contributed by atoms with Crippen molar-refractivity contribution in [1.29, 1.82) is 0 Å². The molecule has 1 aliphatic heterocycles. The summed E-state index contributed by atoms with van der Waals surface area (Å²) in [7, 11) is 0. The first-order chi connectivity index (χ1) is 15.3. The number of nitrogens with one attached hydrogen (secondary N) is 2. The van der Waals surface area contributed by atoms with Gasteiger partial charge in [0.2, 0.25) is 5.91 Å². The molecule has 0 spiro atoms. The minimum atomic E-state index is -0.890. The Labute approximate surface area is 187 Å². The molecule has 1 aromatic carbocycles. The summed E-state index contributed by atoms with van der Waals surface area (Å²) in [5.74, 6) is -0.524. The van der Waals surface area contributed by atoms with Crippen LogP contribution in [-0.4, -0.2) is 50.2 Å². The van der Waals surface area contributed by atoms with E-state index in [1.165, 1.54) is 18.7 Å². The molecule has 2 aromatic rings. The molecule has 2 aliphatic rings. The van der Waals surface area contributed by atoms with Crippen LogP contribution in [0.25, 0.3) is 0 Å². The van der Waals surface area contributed by atoms with E-state index in [0.717, 1.165) is 18.4 Å². The molecule has 8 nitrogen and oxygen atoms in total. The summed E-state index contributed by atoms with van der Waals surface area (Å²) in [5, 5.41) is 5.82. The number of aromatic nitrogens is 2. The largest absolute Gasteiger partial charge is 0.348 e. The Morgan fingerprint density at radius 1 is 1.00 bits per heavy atom. The smallest absolute Gasteiger partial charge is 0.255 e. The Balaban J connectivity index is 1.37. The highest BCUT2D eigenvalue weighted by molar-refractivity contribution is 6.00. The van der Waals surface area contributed by atoms with Crippen molar-refractivity contribution in [3.05, 3.63) is 59.7 Å². The monoisotopic (exact) mass is 435 g/mol. The Morgan fingerprint density at radius 2 is 1.59 bits per heavy atom. The molecule has 3 amide bonds. The van der Waals surface area contributed by atoms with Crippen molar-refractivity contribution in [3.63, 3.8) is 0 Å². The Bertz CT molecular complexity index is 994. The van der Waals surface area contributed by atoms with Crippen LogP contribution < -0.4 is 10.6 Å². The van der Waals surface area contributed by atoms with Crippen molar-refractivity contribution in [3.8, 4) is 0 Å². The van der Waals surface area contributed by atoms with Gasteiger partial charge in [-0.25, -0.2) is 9.97 Å². The quantitative estimate of drug-likeness (QED) is 0.726. The number of amides is 3. The van der Waals surface area contributed by atoms with E-state index < -0.39 is 5.54 Å². The fraction of sp³-hybridized carbons (Fsp3) is 0.458. The first-order valence-electron chi connectivity index (χ1n) is 11.1. The summed E-state index contributed by atoms with van der Waals surface area (Å²) in [4.78, 5) is 47.8. The van der Waals surface area contributed by atoms with Gasteiger partial charge >= 0.3 is 0 Å². The third-order valence-electron chi connectivity index (χ3n) is 6.55. The van der Waals surface area contributed by atoms with Gasteiger partial charge in [-0.1, -0.05) is 12.1 Å². The van der Waals surface area contributed by atoms with Gasteiger partial charge < -0.3 is 15.5 Å². The molecule has 168 valence electrons. The van der Waals surface area contributed by atoms with Crippen LogP contribution >= 0.6 is 0 Å². The molecule has 1 aliphatic carbocycles. The van der Waals surface area contributed by atoms with E-state index in [4.69, 9.17) is 0 Å². The highest BCUT2D eigenvalue weighted by Gasteiger charge is 2.51. The predicted octanol–water partition coefficient (Wildman–Crippen LogP) is 2.63. The first kappa shape index (κ1) is 21.9. The Morgan fingerprint density at radius 3 is 2.16 bits per heavy atom. The SMILES string of the molecule is C[C@@H]1CC[C@H](C)N1C(=O)c1ccc([C@@H](C)NC(=O)C2(NC(=O)c3cncnc3)CC2)cc1. The maximum Gasteiger partial charge on any atom is 0.255 e. The van der Waals surface area contributed by atoms with E-state index >= 15 is 0 Å². The molecule has 2 fully saturated rings. The summed E-state index contributed by atoms with van der Waals surface area (Å²) in [5.41, 5.74) is 0.987. The molecule has 0 radical (unpaired) electrons.